The number of hydrogen-bond donors (Lipinski definition) is 1. The largest absolute Gasteiger partial charge is 0.595 e. The molecule has 0 bridgehead atoms. The topological polar surface area (TPSA) is 67.4 Å². The summed E-state index contributed by atoms with van der Waals surface area (Å²) in [7, 11) is -6.52. The molecule has 0 heterocycles. The van der Waals surface area contributed by atoms with Crippen LogP contribution in [0.5, 0.6) is 0 Å². The van der Waals surface area contributed by atoms with Crippen LogP contribution in [0.2, 0.25) is 0 Å². The van der Waals surface area contributed by atoms with Crippen LogP contribution in [0.3, 0.4) is 0 Å². The highest BCUT2D eigenvalue weighted by atomic mass is 28.5. The molecule has 27 heavy (non-hydrogen) atoms. The first-order valence-electron chi connectivity index (χ1n) is 10.6. The molecule has 0 amide bonds. The highest BCUT2D eigenvalue weighted by Crippen LogP contribution is 2.20. The second kappa shape index (κ2) is 15.1. The van der Waals surface area contributed by atoms with E-state index >= 15 is 0 Å². The van der Waals surface area contributed by atoms with Crippen LogP contribution in [0, 0.1) is 0 Å². The minimum atomic E-state index is -3.26. The standard InChI is InChI=1S/C18H43NO6Si2/c1-9-15-17(7)24-26(20-11-3,21-12-4)19-27(22-13-5,23-14-6)25-18(8)16-10-2/h17-19H,9-16H2,1-8H3. The van der Waals surface area contributed by atoms with Crippen molar-refractivity contribution in [3.63, 3.8) is 0 Å². The molecule has 0 radical (unpaired) electrons. The van der Waals surface area contributed by atoms with E-state index in [0.29, 0.717) is 26.4 Å². The lowest BCUT2D eigenvalue weighted by atomic mass is 10.2. The third-order valence-electron chi connectivity index (χ3n) is 3.75. The average molecular weight is 426 g/mol. The smallest absolute Gasteiger partial charge is 0.362 e. The lowest BCUT2D eigenvalue weighted by molar-refractivity contribution is -0.00110. The van der Waals surface area contributed by atoms with Crippen molar-refractivity contribution in [3.05, 3.63) is 0 Å². The Morgan fingerprint density at radius 2 is 0.889 bits per heavy atom. The molecule has 0 aromatic rings. The Morgan fingerprint density at radius 3 is 1.11 bits per heavy atom. The molecule has 9 heteroatoms. The summed E-state index contributed by atoms with van der Waals surface area (Å²) < 4.78 is 40.3. The van der Waals surface area contributed by atoms with Gasteiger partial charge in [-0.3, -0.25) is 0 Å². The fourth-order valence-corrected chi connectivity index (χ4v) is 9.21. The van der Waals surface area contributed by atoms with Crippen LogP contribution in [0.25, 0.3) is 0 Å². The third-order valence-corrected chi connectivity index (χ3v) is 10.3. The van der Waals surface area contributed by atoms with Crippen LogP contribution in [0.4, 0.5) is 0 Å². The van der Waals surface area contributed by atoms with Gasteiger partial charge in [0.2, 0.25) is 0 Å². The van der Waals surface area contributed by atoms with Gasteiger partial charge in [0.25, 0.3) is 0 Å². The molecule has 2 unspecified atom stereocenters. The van der Waals surface area contributed by atoms with Gasteiger partial charge in [0.15, 0.2) is 0 Å². The molecule has 0 aliphatic carbocycles. The first-order chi connectivity index (χ1) is 12.9. The van der Waals surface area contributed by atoms with Crippen LogP contribution in [0.1, 0.15) is 81.1 Å². The minimum absolute atomic E-state index is 0.00437. The van der Waals surface area contributed by atoms with Crippen molar-refractivity contribution >= 4 is 17.9 Å². The zero-order valence-corrected chi connectivity index (χ0v) is 20.8. The molecule has 0 aromatic carbocycles. The van der Waals surface area contributed by atoms with Crippen molar-refractivity contribution in [2.45, 2.75) is 93.3 Å². The molecule has 0 saturated heterocycles. The molecule has 0 fully saturated rings. The van der Waals surface area contributed by atoms with E-state index in [9.17, 15) is 0 Å². The van der Waals surface area contributed by atoms with E-state index in [2.05, 4.69) is 18.5 Å². The van der Waals surface area contributed by atoms with Crippen molar-refractivity contribution in [3.8, 4) is 0 Å². The predicted molar refractivity (Wildman–Crippen MR) is 112 cm³/mol. The van der Waals surface area contributed by atoms with E-state index in [1.807, 2.05) is 41.5 Å². The second-order valence-corrected chi connectivity index (χ2v) is 11.3. The van der Waals surface area contributed by atoms with Crippen LogP contribution in [-0.2, 0) is 26.6 Å². The van der Waals surface area contributed by atoms with Gasteiger partial charge in [-0.2, -0.15) is 0 Å². The van der Waals surface area contributed by atoms with Crippen molar-refractivity contribution < 1.29 is 26.6 Å². The van der Waals surface area contributed by atoms with Gasteiger partial charge in [0.05, 0.1) is 0 Å². The van der Waals surface area contributed by atoms with Crippen LogP contribution in [0.15, 0.2) is 0 Å². The van der Waals surface area contributed by atoms with Gasteiger partial charge in [0.1, 0.15) is 0 Å². The normalized spacial score (nSPS) is 15.1. The first kappa shape index (κ1) is 27.2. The van der Waals surface area contributed by atoms with Crippen molar-refractivity contribution in [1.82, 2.24) is 4.65 Å². The summed E-state index contributed by atoms with van der Waals surface area (Å²) in [6, 6.07) is 0. The average Bonchev–Trinajstić information content (AvgIpc) is 2.55. The van der Waals surface area contributed by atoms with Crippen LogP contribution >= 0.6 is 0 Å². The Balaban J connectivity index is 5.74. The molecule has 0 aliphatic heterocycles. The fourth-order valence-electron chi connectivity index (χ4n) is 2.83. The SMILES string of the molecule is CCCC(C)O[Si](N[Si](OCC)(OCC)OC(C)CCC)(OCC)OCC. The third kappa shape index (κ3) is 10.5. The Kier molecular flexibility index (Phi) is 15.1. The van der Waals surface area contributed by atoms with Gasteiger partial charge in [-0.1, -0.05) is 26.7 Å². The first-order valence-corrected chi connectivity index (χ1v) is 14.0. The maximum atomic E-state index is 6.33. The lowest BCUT2D eigenvalue weighted by Gasteiger charge is -2.38. The van der Waals surface area contributed by atoms with E-state index in [1.165, 1.54) is 0 Å². The molecule has 0 rings (SSSR count). The Hall–Kier alpha value is 0.154. The molecule has 7 nitrogen and oxygen atoms in total. The Morgan fingerprint density at radius 1 is 0.593 bits per heavy atom. The molecular formula is C18H43NO6Si2. The summed E-state index contributed by atoms with van der Waals surface area (Å²) in [5, 5.41) is 0. The Labute approximate surface area is 169 Å². The quantitative estimate of drug-likeness (QED) is 0.333. The van der Waals surface area contributed by atoms with Gasteiger partial charge in [0, 0.05) is 38.6 Å². The van der Waals surface area contributed by atoms with Crippen molar-refractivity contribution in [1.29, 1.82) is 0 Å². The van der Waals surface area contributed by atoms with Gasteiger partial charge in [-0.25, -0.2) is 4.65 Å². The second-order valence-electron chi connectivity index (χ2n) is 6.40. The fraction of sp³-hybridized carbons (Fsp3) is 1.00. The van der Waals surface area contributed by atoms with Crippen LogP contribution in [-0.4, -0.2) is 56.6 Å². The van der Waals surface area contributed by atoms with Gasteiger partial charge in [-0.15, -0.1) is 0 Å². The molecule has 2 atom stereocenters. The summed E-state index contributed by atoms with van der Waals surface area (Å²) in [6.45, 7) is 17.9. The van der Waals surface area contributed by atoms with E-state index in [4.69, 9.17) is 26.6 Å². The lowest BCUT2D eigenvalue weighted by Crippen LogP contribution is -2.74. The molecule has 0 saturated carbocycles. The highest BCUT2D eigenvalue weighted by Gasteiger charge is 2.57. The maximum absolute atomic E-state index is 6.33. The summed E-state index contributed by atoms with van der Waals surface area (Å²) in [5.41, 5.74) is 0. The van der Waals surface area contributed by atoms with E-state index < -0.39 is 17.9 Å². The number of nitrogens with one attached hydrogen (secondary N) is 1. The van der Waals surface area contributed by atoms with Crippen molar-refractivity contribution in [2.24, 2.45) is 0 Å². The molecular weight excluding hydrogens is 382 g/mol. The number of hydrogen-bond acceptors (Lipinski definition) is 7. The van der Waals surface area contributed by atoms with Gasteiger partial charge >= 0.3 is 17.9 Å². The van der Waals surface area contributed by atoms with E-state index in [-0.39, 0.29) is 12.2 Å². The summed E-state index contributed by atoms with van der Waals surface area (Å²) in [5.74, 6) is 0. The molecule has 1 N–H and O–H groups in total. The molecule has 0 spiro atoms. The van der Waals surface area contributed by atoms with Crippen molar-refractivity contribution in [2.75, 3.05) is 26.4 Å². The van der Waals surface area contributed by atoms with Crippen LogP contribution < -0.4 is 4.65 Å². The maximum Gasteiger partial charge on any atom is 0.595 e. The summed E-state index contributed by atoms with van der Waals surface area (Å²) in [6.07, 6.45) is 3.87. The Bertz CT molecular complexity index is 321. The predicted octanol–water partition coefficient (Wildman–Crippen LogP) is 4.00. The number of rotatable bonds is 18. The highest BCUT2D eigenvalue weighted by molar-refractivity contribution is 6.75. The van der Waals surface area contributed by atoms with E-state index in [1.54, 1.807) is 0 Å². The zero-order chi connectivity index (χ0) is 20.8. The molecule has 0 aliphatic rings. The summed E-state index contributed by atoms with van der Waals surface area (Å²) in [4.78, 5) is 0. The molecule has 164 valence electrons. The minimum Gasteiger partial charge on any atom is -0.362 e. The zero-order valence-electron chi connectivity index (χ0n) is 18.8. The van der Waals surface area contributed by atoms with Gasteiger partial charge < -0.3 is 26.6 Å². The molecule has 0 aromatic heterocycles. The monoisotopic (exact) mass is 425 g/mol. The van der Waals surface area contributed by atoms with E-state index in [0.717, 1.165) is 25.7 Å². The van der Waals surface area contributed by atoms with Gasteiger partial charge in [-0.05, 0) is 54.4 Å². The summed E-state index contributed by atoms with van der Waals surface area (Å²) >= 11 is 0.